The van der Waals surface area contributed by atoms with Crippen LogP contribution in [0.1, 0.15) is 46.9 Å². The molecule has 0 aromatic carbocycles. The van der Waals surface area contributed by atoms with E-state index in [-0.39, 0.29) is 24.5 Å². The van der Waals surface area contributed by atoms with Gasteiger partial charge in [0.25, 0.3) is 5.91 Å². The third-order valence-electron chi connectivity index (χ3n) is 5.20. The van der Waals surface area contributed by atoms with Gasteiger partial charge in [0.2, 0.25) is 5.91 Å². The lowest BCUT2D eigenvalue weighted by atomic mass is 10.2. The van der Waals surface area contributed by atoms with Gasteiger partial charge in [-0.15, -0.1) is 0 Å². The maximum atomic E-state index is 13.1. The Kier molecular flexibility index (Phi) is 6.87. The summed E-state index contributed by atoms with van der Waals surface area (Å²) in [5.41, 5.74) is 2.99. The summed E-state index contributed by atoms with van der Waals surface area (Å²) in [7, 11) is 0. The van der Waals surface area contributed by atoms with E-state index in [9.17, 15) is 9.59 Å². The first-order valence-corrected chi connectivity index (χ1v) is 10.3. The summed E-state index contributed by atoms with van der Waals surface area (Å²) >= 11 is 0. The monoisotopic (exact) mass is 414 g/mol. The highest BCUT2D eigenvalue weighted by atomic mass is 16.5. The number of rotatable bonds is 6. The summed E-state index contributed by atoms with van der Waals surface area (Å²) in [5.74, 6) is 0.754. The molecule has 30 heavy (non-hydrogen) atoms. The first-order chi connectivity index (χ1) is 14.2. The minimum Gasteiger partial charge on any atom is -0.370 e. The first kappa shape index (κ1) is 22.0. The Hall–Kier alpha value is -2.74. The van der Waals surface area contributed by atoms with Crippen molar-refractivity contribution in [2.24, 2.45) is 5.92 Å². The summed E-state index contributed by atoms with van der Waals surface area (Å²) in [4.78, 5) is 33.5. The average Bonchev–Trinajstić information content (AvgIpc) is 2.92. The summed E-state index contributed by atoms with van der Waals surface area (Å²) in [5, 5.41) is 3.96. The topological polar surface area (TPSA) is 88.8 Å². The number of nitrogens with zero attached hydrogens (tertiary/aromatic N) is 4. The van der Waals surface area contributed by atoms with Crippen LogP contribution >= 0.6 is 0 Å². The molecule has 3 rings (SSSR count). The Morgan fingerprint density at radius 2 is 2.03 bits per heavy atom. The number of pyridine rings is 1. The highest BCUT2D eigenvalue weighted by molar-refractivity contribution is 5.96. The molecule has 0 bridgehead atoms. The van der Waals surface area contributed by atoms with Crippen LogP contribution in [0.3, 0.4) is 0 Å². The van der Waals surface area contributed by atoms with Crippen LogP contribution in [0.2, 0.25) is 0 Å². The van der Waals surface area contributed by atoms with Gasteiger partial charge < -0.3 is 19.1 Å². The van der Waals surface area contributed by atoms with Gasteiger partial charge in [-0.1, -0.05) is 19.0 Å². The number of hydrogen-bond acceptors (Lipinski definition) is 6. The van der Waals surface area contributed by atoms with Gasteiger partial charge in [-0.05, 0) is 38.8 Å². The molecule has 2 aromatic rings. The summed E-state index contributed by atoms with van der Waals surface area (Å²) in [6, 6.07) is 3.54. The van der Waals surface area contributed by atoms with E-state index in [4.69, 9.17) is 9.26 Å². The van der Waals surface area contributed by atoms with Crippen molar-refractivity contribution in [3.8, 4) is 0 Å². The lowest BCUT2D eigenvalue weighted by Crippen LogP contribution is -2.40. The van der Waals surface area contributed by atoms with Gasteiger partial charge >= 0.3 is 0 Å². The molecule has 1 saturated heterocycles. The zero-order valence-electron chi connectivity index (χ0n) is 18.3. The molecule has 1 aliphatic rings. The first-order valence-electron chi connectivity index (χ1n) is 10.3. The van der Waals surface area contributed by atoms with Crippen LogP contribution in [0, 0.1) is 26.7 Å². The van der Waals surface area contributed by atoms with Crippen molar-refractivity contribution in [3.63, 3.8) is 0 Å². The van der Waals surface area contributed by atoms with Crippen molar-refractivity contribution in [3.05, 3.63) is 46.6 Å². The van der Waals surface area contributed by atoms with E-state index in [2.05, 4.69) is 24.0 Å². The lowest BCUT2D eigenvalue weighted by molar-refractivity contribution is -0.132. The van der Waals surface area contributed by atoms with Crippen LogP contribution < -0.4 is 0 Å². The van der Waals surface area contributed by atoms with Crippen molar-refractivity contribution in [2.75, 3.05) is 26.2 Å². The van der Waals surface area contributed by atoms with Crippen LogP contribution in [-0.4, -0.2) is 64.0 Å². The van der Waals surface area contributed by atoms with E-state index in [1.54, 1.807) is 28.1 Å². The van der Waals surface area contributed by atoms with Gasteiger partial charge in [-0.3, -0.25) is 14.6 Å². The van der Waals surface area contributed by atoms with E-state index in [0.717, 1.165) is 22.7 Å². The molecular formula is C22H30N4O4. The molecule has 0 saturated carbocycles. The number of carbonyl (C=O) groups is 2. The van der Waals surface area contributed by atoms with E-state index in [1.807, 2.05) is 20.8 Å². The molecule has 1 fully saturated rings. The highest BCUT2D eigenvalue weighted by Crippen LogP contribution is 2.18. The maximum Gasteiger partial charge on any atom is 0.255 e. The SMILES string of the molecule is Cc1ccc(C(=O)N2CC(=O)N(CC(C)C)CC(OCc3c(C)noc3C)C2)cn1. The normalized spacial score (nSPS) is 17.5. The fourth-order valence-corrected chi connectivity index (χ4v) is 3.54. The highest BCUT2D eigenvalue weighted by Gasteiger charge is 2.32. The second kappa shape index (κ2) is 9.38. The fraction of sp³-hybridized carbons (Fsp3) is 0.545. The van der Waals surface area contributed by atoms with Crippen molar-refractivity contribution >= 4 is 11.8 Å². The number of amides is 2. The molecule has 1 atom stereocenters. The summed E-state index contributed by atoms with van der Waals surface area (Å²) in [6.07, 6.45) is 1.24. The van der Waals surface area contributed by atoms with Gasteiger partial charge in [-0.2, -0.15) is 0 Å². The molecule has 162 valence electrons. The van der Waals surface area contributed by atoms with Crippen molar-refractivity contribution in [2.45, 2.75) is 47.3 Å². The number of carbonyl (C=O) groups excluding carboxylic acids is 2. The molecular weight excluding hydrogens is 384 g/mol. The second-order valence-corrected chi connectivity index (χ2v) is 8.30. The van der Waals surface area contributed by atoms with E-state index in [0.29, 0.717) is 37.7 Å². The molecule has 0 radical (unpaired) electrons. The minimum atomic E-state index is -0.314. The molecule has 0 N–H and O–H groups in total. The second-order valence-electron chi connectivity index (χ2n) is 8.30. The van der Waals surface area contributed by atoms with Crippen molar-refractivity contribution < 1.29 is 18.8 Å². The Balaban J connectivity index is 1.79. The van der Waals surface area contributed by atoms with Gasteiger partial charge in [0.05, 0.1) is 24.0 Å². The predicted molar refractivity (Wildman–Crippen MR) is 111 cm³/mol. The molecule has 0 aliphatic carbocycles. The van der Waals surface area contributed by atoms with E-state index in [1.165, 1.54) is 0 Å². The quantitative estimate of drug-likeness (QED) is 0.722. The van der Waals surface area contributed by atoms with E-state index < -0.39 is 0 Å². The molecule has 3 heterocycles. The predicted octanol–water partition coefficient (Wildman–Crippen LogP) is 2.52. The number of aromatic nitrogens is 2. The number of aryl methyl sites for hydroxylation is 3. The molecule has 1 unspecified atom stereocenters. The summed E-state index contributed by atoms with van der Waals surface area (Å²) < 4.78 is 11.4. The minimum absolute atomic E-state index is 0.0324. The fourth-order valence-electron chi connectivity index (χ4n) is 3.54. The molecule has 8 nitrogen and oxygen atoms in total. The van der Waals surface area contributed by atoms with Gasteiger partial charge in [-0.25, -0.2) is 0 Å². The van der Waals surface area contributed by atoms with Crippen LogP contribution in [0.15, 0.2) is 22.9 Å². The smallest absolute Gasteiger partial charge is 0.255 e. The maximum absolute atomic E-state index is 13.1. The van der Waals surface area contributed by atoms with Crippen molar-refractivity contribution in [1.29, 1.82) is 0 Å². The Labute approximate surface area is 177 Å². The average molecular weight is 415 g/mol. The number of hydrogen-bond donors (Lipinski definition) is 0. The van der Waals surface area contributed by atoms with Gasteiger partial charge in [0, 0.05) is 37.1 Å². The molecule has 2 amide bonds. The summed E-state index contributed by atoms with van der Waals surface area (Å²) in [6.45, 7) is 11.5. The van der Waals surface area contributed by atoms with E-state index >= 15 is 0 Å². The van der Waals surface area contributed by atoms with Gasteiger partial charge in [0.15, 0.2) is 0 Å². The number of ether oxygens (including phenoxy) is 1. The largest absolute Gasteiger partial charge is 0.370 e. The molecule has 1 aliphatic heterocycles. The molecule has 2 aromatic heterocycles. The zero-order chi connectivity index (χ0) is 21.8. The van der Waals surface area contributed by atoms with Crippen LogP contribution in [0.4, 0.5) is 0 Å². The zero-order valence-corrected chi connectivity index (χ0v) is 18.3. The lowest BCUT2D eigenvalue weighted by Gasteiger charge is -2.26. The molecule has 8 heteroatoms. The third kappa shape index (κ3) is 5.24. The standard InChI is InChI=1S/C22H30N4O4/c1-14(2)9-25-10-19(29-13-20-16(4)24-30-17(20)5)11-26(12-21(25)27)22(28)18-7-6-15(3)23-8-18/h6-8,14,19H,9-13H2,1-5H3. The Morgan fingerprint density at radius 1 is 1.27 bits per heavy atom. The van der Waals surface area contributed by atoms with Crippen molar-refractivity contribution in [1.82, 2.24) is 19.9 Å². The molecule has 0 spiro atoms. The Morgan fingerprint density at radius 3 is 2.63 bits per heavy atom. The van der Waals surface area contributed by atoms with Crippen LogP contribution in [0.25, 0.3) is 0 Å². The van der Waals surface area contributed by atoms with Gasteiger partial charge in [0.1, 0.15) is 12.3 Å². The van der Waals surface area contributed by atoms with Crippen LogP contribution in [-0.2, 0) is 16.1 Å². The van der Waals surface area contributed by atoms with Crippen LogP contribution in [0.5, 0.6) is 0 Å². The third-order valence-corrected chi connectivity index (χ3v) is 5.20. The Bertz CT molecular complexity index is 872.